The largest absolute Gasteiger partial charge is 0.462 e. The summed E-state index contributed by atoms with van der Waals surface area (Å²) in [6.07, 6.45) is 19.5. The van der Waals surface area contributed by atoms with Crippen molar-refractivity contribution < 1.29 is 73.8 Å². The third kappa shape index (κ3) is 26.5. The van der Waals surface area contributed by atoms with Crippen LogP contribution in [-0.2, 0) is 38.0 Å². The summed E-state index contributed by atoms with van der Waals surface area (Å²) in [6, 6.07) is 0. The first-order valence-electron chi connectivity index (χ1n) is 26.6. The van der Waals surface area contributed by atoms with Gasteiger partial charge in [-0.25, -0.2) is 0 Å². The van der Waals surface area contributed by atoms with Crippen molar-refractivity contribution in [2.24, 2.45) is 0 Å². The topological polar surface area (TPSA) is 231 Å². The number of aliphatic hydroxyl groups excluding tert-OH is 7. The van der Waals surface area contributed by atoms with E-state index in [4.69, 9.17) is 28.4 Å². The third-order valence-corrected chi connectivity index (χ3v) is 13.1. The third-order valence-electron chi connectivity index (χ3n) is 13.1. The molecule has 2 aliphatic rings. The summed E-state index contributed by atoms with van der Waals surface area (Å²) in [5, 5.41) is 72.5. The van der Waals surface area contributed by atoms with Gasteiger partial charge in [-0.3, -0.25) is 9.59 Å². The molecule has 0 unspecified atom stereocenters. The Labute approximate surface area is 398 Å². The second kappa shape index (κ2) is 39.2. The van der Waals surface area contributed by atoms with Crippen molar-refractivity contribution in [3.63, 3.8) is 0 Å². The first-order valence-corrected chi connectivity index (χ1v) is 26.6. The number of esters is 2. The molecule has 390 valence electrons. The lowest BCUT2D eigenvalue weighted by Gasteiger charge is -2.46. The smallest absolute Gasteiger partial charge is 0.306 e. The van der Waals surface area contributed by atoms with Crippen molar-refractivity contribution in [2.45, 2.75) is 287 Å². The van der Waals surface area contributed by atoms with E-state index in [-0.39, 0.29) is 26.1 Å². The van der Waals surface area contributed by atoms with E-state index in [0.29, 0.717) is 12.8 Å². The summed E-state index contributed by atoms with van der Waals surface area (Å²) in [6.45, 7) is 2.38. The first-order chi connectivity index (χ1) is 32.1. The Morgan fingerprint density at radius 1 is 0.439 bits per heavy atom. The molecule has 2 rings (SSSR count). The molecule has 15 nitrogen and oxygen atoms in total. The number of rotatable bonds is 42. The lowest BCUT2D eigenvalue weighted by Crippen LogP contribution is -2.64. The van der Waals surface area contributed by atoms with Gasteiger partial charge in [-0.05, 0) is 12.8 Å². The number of aliphatic hydroxyl groups is 7. The highest BCUT2D eigenvalue weighted by Gasteiger charge is 2.51. The second-order valence-corrected chi connectivity index (χ2v) is 19.0. The minimum atomic E-state index is -1.80. The average Bonchev–Trinajstić information content (AvgIpc) is 3.31. The van der Waals surface area contributed by atoms with Crippen molar-refractivity contribution in [1.29, 1.82) is 0 Å². The zero-order chi connectivity index (χ0) is 48.2. The second-order valence-electron chi connectivity index (χ2n) is 19.0. The molecule has 7 N–H and O–H groups in total. The lowest BCUT2D eigenvalue weighted by atomic mass is 9.97. The summed E-state index contributed by atoms with van der Waals surface area (Å²) < 4.78 is 33.8. The molecular formula is C51H96O15. The molecule has 0 aromatic carbocycles. The van der Waals surface area contributed by atoms with Gasteiger partial charge in [-0.1, -0.05) is 194 Å². The van der Waals surface area contributed by atoms with E-state index >= 15 is 0 Å². The van der Waals surface area contributed by atoms with Crippen LogP contribution in [0.3, 0.4) is 0 Å². The molecule has 2 aliphatic heterocycles. The van der Waals surface area contributed by atoms with Gasteiger partial charge in [-0.15, -0.1) is 0 Å². The zero-order valence-corrected chi connectivity index (χ0v) is 41.2. The Morgan fingerprint density at radius 2 is 0.818 bits per heavy atom. The quantitative estimate of drug-likeness (QED) is 0.0231. The van der Waals surface area contributed by atoms with E-state index < -0.39 is 92.7 Å². The maximum absolute atomic E-state index is 13.0. The summed E-state index contributed by atoms with van der Waals surface area (Å²) in [5.41, 5.74) is 0. The van der Waals surface area contributed by atoms with Crippen LogP contribution < -0.4 is 0 Å². The van der Waals surface area contributed by atoms with E-state index in [1.165, 1.54) is 141 Å². The maximum Gasteiger partial charge on any atom is 0.306 e. The molecule has 2 heterocycles. The molecule has 0 aliphatic carbocycles. The molecule has 0 saturated carbocycles. The highest BCUT2D eigenvalue weighted by atomic mass is 16.7. The monoisotopic (exact) mass is 949 g/mol. The van der Waals surface area contributed by atoms with Crippen molar-refractivity contribution in [2.75, 3.05) is 26.4 Å². The standard InChI is InChI=1S/C51H96O15/c1-3-5-7-9-11-13-15-17-19-21-23-25-27-29-31-33-42(54)61-37-39(63-43(55)34-32-30-28-26-24-22-20-18-16-14-12-10-8-6-4-2)38-62-50-48(60)46(58)49(41(36-53)65-50)66-51-47(59)45(57)44(56)40(35-52)64-51/h39-41,44-53,56-60H,3-38H2,1-2H3/t39-,40+,41+,44+,45-,46+,47+,48+,49-,50+,51+/m0/s1. The molecule has 0 spiro atoms. The number of hydrogen-bond acceptors (Lipinski definition) is 15. The van der Waals surface area contributed by atoms with Crippen molar-refractivity contribution in [3.05, 3.63) is 0 Å². The normalized spacial score (nSPS) is 26.1. The number of hydrogen-bond donors (Lipinski definition) is 7. The van der Waals surface area contributed by atoms with E-state index in [9.17, 15) is 45.3 Å². The molecule has 66 heavy (non-hydrogen) atoms. The van der Waals surface area contributed by atoms with Gasteiger partial charge in [0.2, 0.25) is 0 Å². The van der Waals surface area contributed by atoms with Crippen molar-refractivity contribution in [1.82, 2.24) is 0 Å². The Bertz CT molecular complexity index is 1160. The van der Waals surface area contributed by atoms with Crippen LogP contribution in [0.25, 0.3) is 0 Å². The van der Waals surface area contributed by atoms with Gasteiger partial charge in [0.15, 0.2) is 18.7 Å². The van der Waals surface area contributed by atoms with E-state index in [1.54, 1.807) is 0 Å². The molecule has 0 amide bonds. The number of unbranched alkanes of at least 4 members (excludes halogenated alkanes) is 28. The Morgan fingerprint density at radius 3 is 1.24 bits per heavy atom. The van der Waals surface area contributed by atoms with Crippen LogP contribution in [0, 0.1) is 0 Å². The van der Waals surface area contributed by atoms with Gasteiger partial charge in [0.25, 0.3) is 0 Å². The minimum Gasteiger partial charge on any atom is -0.462 e. The molecule has 0 bridgehead atoms. The lowest BCUT2D eigenvalue weighted by molar-refractivity contribution is -0.360. The van der Waals surface area contributed by atoms with Crippen LogP contribution in [0.5, 0.6) is 0 Å². The molecule has 2 fully saturated rings. The number of ether oxygens (including phenoxy) is 6. The summed E-state index contributed by atoms with van der Waals surface area (Å²) in [4.78, 5) is 25.8. The van der Waals surface area contributed by atoms with Crippen LogP contribution in [0.15, 0.2) is 0 Å². The first kappa shape index (κ1) is 60.6. The van der Waals surface area contributed by atoms with Crippen LogP contribution in [0.1, 0.15) is 219 Å². The zero-order valence-electron chi connectivity index (χ0n) is 41.2. The van der Waals surface area contributed by atoms with Gasteiger partial charge < -0.3 is 64.2 Å². The fourth-order valence-electron chi connectivity index (χ4n) is 8.80. The number of carbonyl (C=O) groups excluding carboxylic acids is 2. The van der Waals surface area contributed by atoms with Crippen molar-refractivity contribution >= 4 is 11.9 Å². The molecule has 0 aromatic rings. The van der Waals surface area contributed by atoms with Gasteiger partial charge in [0, 0.05) is 12.8 Å². The van der Waals surface area contributed by atoms with Crippen LogP contribution >= 0.6 is 0 Å². The Kier molecular flexibility index (Phi) is 36.0. The summed E-state index contributed by atoms with van der Waals surface area (Å²) in [5.74, 6) is -0.908. The Balaban J connectivity index is 1.80. The van der Waals surface area contributed by atoms with Gasteiger partial charge in [0.05, 0.1) is 19.8 Å². The van der Waals surface area contributed by atoms with Crippen molar-refractivity contribution in [3.8, 4) is 0 Å². The predicted octanol–water partition coefficient (Wildman–Crippen LogP) is 7.61. The highest BCUT2D eigenvalue weighted by molar-refractivity contribution is 5.70. The minimum absolute atomic E-state index is 0.173. The fourth-order valence-corrected chi connectivity index (χ4v) is 8.80. The molecule has 2 saturated heterocycles. The SMILES string of the molecule is CCCCCCCCCCCCCCCCCC(=O)OC[C@@H](CO[C@@H]1O[C@H](CO)[C@H](O[C@H]2O[C@H](CO)[C@@H](O)[C@H](O)[C@H]2O)[C@H](O)[C@H]1O)OC(=O)CCCCCCCCCCCCCCCCC. The van der Waals surface area contributed by atoms with E-state index in [1.807, 2.05) is 0 Å². The summed E-state index contributed by atoms with van der Waals surface area (Å²) in [7, 11) is 0. The van der Waals surface area contributed by atoms with Gasteiger partial charge in [-0.2, -0.15) is 0 Å². The molecule has 15 heteroatoms. The fraction of sp³-hybridized carbons (Fsp3) is 0.961. The predicted molar refractivity (Wildman–Crippen MR) is 252 cm³/mol. The maximum atomic E-state index is 13.0. The van der Waals surface area contributed by atoms with Gasteiger partial charge in [0.1, 0.15) is 55.4 Å². The number of carbonyl (C=O) groups is 2. The Hall–Kier alpha value is -1.50. The molecular weight excluding hydrogens is 853 g/mol. The molecule has 0 aromatic heterocycles. The average molecular weight is 949 g/mol. The van der Waals surface area contributed by atoms with Gasteiger partial charge >= 0.3 is 11.9 Å². The van der Waals surface area contributed by atoms with E-state index in [0.717, 1.165) is 38.5 Å². The highest BCUT2D eigenvalue weighted by Crippen LogP contribution is 2.30. The van der Waals surface area contributed by atoms with Crippen LogP contribution in [0.2, 0.25) is 0 Å². The molecule has 0 radical (unpaired) electrons. The van der Waals surface area contributed by atoms with E-state index in [2.05, 4.69) is 13.8 Å². The molecule has 11 atom stereocenters. The van der Waals surface area contributed by atoms with Crippen LogP contribution in [0.4, 0.5) is 0 Å². The summed E-state index contributed by atoms with van der Waals surface area (Å²) >= 11 is 0. The van der Waals surface area contributed by atoms with Crippen LogP contribution in [-0.4, -0.2) is 142 Å².